The highest BCUT2D eigenvalue weighted by Gasteiger charge is 2.32. The first-order valence-corrected chi connectivity index (χ1v) is 7.97. The van der Waals surface area contributed by atoms with Gasteiger partial charge in [-0.1, -0.05) is 18.2 Å². The number of benzene rings is 1. The zero-order valence-corrected chi connectivity index (χ0v) is 11.5. The Kier molecular flexibility index (Phi) is 3.64. The maximum Gasteiger partial charge on any atom is 0.153 e. The molecule has 1 aromatic carbocycles. The van der Waals surface area contributed by atoms with Crippen molar-refractivity contribution in [3.63, 3.8) is 0 Å². The van der Waals surface area contributed by atoms with Gasteiger partial charge >= 0.3 is 0 Å². The van der Waals surface area contributed by atoms with E-state index in [1.54, 1.807) is 12.1 Å². The predicted octanol–water partition coefficient (Wildman–Crippen LogP) is 1.57. The maximum absolute atomic E-state index is 11.6. The maximum atomic E-state index is 11.6. The van der Waals surface area contributed by atoms with E-state index >= 15 is 0 Å². The number of nitrogens with zero attached hydrogens (tertiary/aromatic N) is 1. The average molecular weight is 269 g/mol. The monoisotopic (exact) mass is 269 g/mol. The normalized spacial score (nSPS) is 25.8. The second kappa shape index (κ2) is 4.90. The number of phenols is 1. The van der Waals surface area contributed by atoms with E-state index in [9.17, 15) is 13.5 Å². The van der Waals surface area contributed by atoms with E-state index in [-0.39, 0.29) is 29.3 Å². The second-order valence-electron chi connectivity index (χ2n) is 4.94. The molecule has 2 unspecified atom stereocenters. The Morgan fingerprint density at radius 3 is 2.67 bits per heavy atom. The van der Waals surface area contributed by atoms with E-state index in [1.165, 1.54) is 0 Å². The highest BCUT2D eigenvalue weighted by Crippen LogP contribution is 2.30. The zero-order valence-electron chi connectivity index (χ0n) is 10.7. The lowest BCUT2D eigenvalue weighted by molar-refractivity contribution is 0.167. The summed E-state index contributed by atoms with van der Waals surface area (Å²) in [4.78, 5) is 2.14. The molecule has 0 spiro atoms. The number of hydrogen-bond acceptors (Lipinski definition) is 4. The van der Waals surface area contributed by atoms with Gasteiger partial charge in [0.2, 0.25) is 0 Å². The molecule has 1 aliphatic rings. The molecule has 1 aromatic rings. The van der Waals surface area contributed by atoms with Gasteiger partial charge in [0.05, 0.1) is 11.5 Å². The fraction of sp³-hybridized carbons (Fsp3) is 0.538. The van der Waals surface area contributed by atoms with Crippen LogP contribution in [0, 0.1) is 0 Å². The molecule has 1 fully saturated rings. The van der Waals surface area contributed by atoms with Gasteiger partial charge in [-0.15, -0.1) is 0 Å². The summed E-state index contributed by atoms with van der Waals surface area (Å²) in [5.41, 5.74) is 0.851. The van der Waals surface area contributed by atoms with Crippen molar-refractivity contribution in [2.45, 2.75) is 25.9 Å². The summed E-state index contributed by atoms with van der Waals surface area (Å²) in [6.45, 7) is 4.45. The molecule has 0 radical (unpaired) electrons. The highest BCUT2D eigenvalue weighted by molar-refractivity contribution is 7.91. The smallest absolute Gasteiger partial charge is 0.153 e. The summed E-state index contributed by atoms with van der Waals surface area (Å²) in [5, 5.41) is 9.86. The lowest BCUT2D eigenvalue weighted by Gasteiger charge is -2.38. The van der Waals surface area contributed by atoms with Crippen LogP contribution in [0.3, 0.4) is 0 Å². The number of aromatic hydroxyl groups is 1. The van der Waals surface area contributed by atoms with Crippen molar-refractivity contribution in [2.24, 2.45) is 0 Å². The van der Waals surface area contributed by atoms with Gasteiger partial charge in [0.1, 0.15) is 5.75 Å². The first-order valence-electron chi connectivity index (χ1n) is 6.15. The van der Waals surface area contributed by atoms with E-state index in [4.69, 9.17) is 0 Å². The quantitative estimate of drug-likeness (QED) is 0.885. The van der Waals surface area contributed by atoms with Gasteiger partial charge in [0.15, 0.2) is 9.84 Å². The van der Waals surface area contributed by atoms with Gasteiger partial charge in [0, 0.05) is 24.2 Å². The van der Waals surface area contributed by atoms with Crippen LogP contribution in [0.1, 0.15) is 25.5 Å². The van der Waals surface area contributed by atoms with E-state index in [1.807, 2.05) is 26.0 Å². The van der Waals surface area contributed by atoms with E-state index < -0.39 is 9.84 Å². The summed E-state index contributed by atoms with van der Waals surface area (Å²) in [6.07, 6.45) is 0. The summed E-state index contributed by atoms with van der Waals surface area (Å²) in [5.74, 6) is 0.672. The molecule has 2 atom stereocenters. The molecule has 100 valence electrons. The number of phenolic OH excluding ortho intramolecular Hbond substituents is 1. The van der Waals surface area contributed by atoms with Crippen LogP contribution in [0.4, 0.5) is 0 Å². The van der Waals surface area contributed by atoms with Crippen molar-refractivity contribution in [3.05, 3.63) is 29.8 Å². The minimum atomic E-state index is -2.89. The van der Waals surface area contributed by atoms with Crippen molar-refractivity contribution in [3.8, 4) is 5.75 Å². The molecule has 4 nitrogen and oxygen atoms in total. The van der Waals surface area contributed by atoms with Crippen LogP contribution in [0.25, 0.3) is 0 Å². The molecule has 0 amide bonds. The summed E-state index contributed by atoms with van der Waals surface area (Å²) >= 11 is 0. The van der Waals surface area contributed by atoms with Crippen molar-refractivity contribution >= 4 is 9.84 Å². The van der Waals surface area contributed by atoms with Gasteiger partial charge in [-0.25, -0.2) is 8.42 Å². The molecular formula is C13H19NO3S. The minimum absolute atomic E-state index is 0.0154. The van der Waals surface area contributed by atoms with Gasteiger partial charge in [-0.05, 0) is 19.9 Å². The van der Waals surface area contributed by atoms with Crippen molar-refractivity contribution in [1.29, 1.82) is 0 Å². The third kappa shape index (κ3) is 2.67. The van der Waals surface area contributed by atoms with Crippen LogP contribution in [-0.4, -0.2) is 42.5 Å². The summed E-state index contributed by atoms with van der Waals surface area (Å²) in [6, 6.07) is 7.23. The van der Waals surface area contributed by atoms with Gasteiger partial charge in [-0.2, -0.15) is 0 Å². The van der Waals surface area contributed by atoms with Crippen molar-refractivity contribution in [1.82, 2.24) is 4.90 Å². The van der Waals surface area contributed by atoms with Crippen LogP contribution in [0.15, 0.2) is 24.3 Å². The predicted molar refractivity (Wildman–Crippen MR) is 71.3 cm³/mol. The molecule has 0 aromatic heterocycles. The van der Waals surface area contributed by atoms with Crippen LogP contribution in [0.2, 0.25) is 0 Å². The Labute approximate surface area is 108 Å². The molecule has 1 saturated heterocycles. The molecule has 5 heteroatoms. The second-order valence-corrected chi connectivity index (χ2v) is 7.16. The average Bonchev–Trinajstić information content (AvgIpc) is 2.27. The highest BCUT2D eigenvalue weighted by atomic mass is 32.2. The lowest BCUT2D eigenvalue weighted by atomic mass is 10.0. The summed E-state index contributed by atoms with van der Waals surface area (Å²) < 4.78 is 23.1. The molecular weight excluding hydrogens is 250 g/mol. The first kappa shape index (κ1) is 13.4. The van der Waals surface area contributed by atoms with Crippen LogP contribution in [-0.2, 0) is 9.84 Å². The first-order chi connectivity index (χ1) is 8.41. The number of sulfone groups is 1. The van der Waals surface area contributed by atoms with Gasteiger partial charge in [0.25, 0.3) is 0 Å². The van der Waals surface area contributed by atoms with Crippen molar-refractivity contribution < 1.29 is 13.5 Å². The zero-order chi connectivity index (χ0) is 13.3. The van der Waals surface area contributed by atoms with Crippen LogP contribution < -0.4 is 0 Å². The SMILES string of the molecule is CC1CS(=O)(=O)CCN1C(C)c1ccccc1O. The minimum Gasteiger partial charge on any atom is -0.508 e. The molecule has 0 bridgehead atoms. The Bertz CT molecular complexity index is 527. The number of para-hydroxylation sites is 1. The standard InChI is InChI=1S/C13H19NO3S/c1-10-9-18(16,17)8-7-14(10)11(2)12-5-3-4-6-13(12)15/h3-6,10-11,15H,7-9H2,1-2H3. The van der Waals surface area contributed by atoms with Crippen LogP contribution in [0.5, 0.6) is 5.75 Å². The molecule has 0 saturated carbocycles. The van der Waals surface area contributed by atoms with Gasteiger partial charge in [-0.3, -0.25) is 4.90 Å². The lowest BCUT2D eigenvalue weighted by Crippen LogP contribution is -2.47. The third-order valence-electron chi connectivity index (χ3n) is 3.61. The molecule has 1 heterocycles. The van der Waals surface area contributed by atoms with Crippen LogP contribution >= 0.6 is 0 Å². The molecule has 0 aliphatic carbocycles. The fourth-order valence-electron chi connectivity index (χ4n) is 2.61. The van der Waals surface area contributed by atoms with E-state index in [0.717, 1.165) is 5.56 Å². The number of rotatable bonds is 2. The van der Waals surface area contributed by atoms with Crippen molar-refractivity contribution in [2.75, 3.05) is 18.1 Å². The molecule has 1 aliphatic heterocycles. The molecule has 2 rings (SSSR count). The fourth-order valence-corrected chi connectivity index (χ4v) is 4.19. The van der Waals surface area contributed by atoms with E-state index in [2.05, 4.69) is 4.90 Å². The van der Waals surface area contributed by atoms with E-state index in [0.29, 0.717) is 6.54 Å². The molecule has 1 N–H and O–H groups in total. The topological polar surface area (TPSA) is 57.6 Å². The Hall–Kier alpha value is -1.07. The largest absolute Gasteiger partial charge is 0.508 e. The Morgan fingerprint density at radius 1 is 1.39 bits per heavy atom. The third-order valence-corrected chi connectivity index (χ3v) is 5.40. The summed E-state index contributed by atoms with van der Waals surface area (Å²) in [7, 11) is -2.89. The molecule has 18 heavy (non-hydrogen) atoms. The Balaban J connectivity index is 2.20. The Morgan fingerprint density at radius 2 is 2.06 bits per heavy atom. The number of hydrogen-bond donors (Lipinski definition) is 1. The van der Waals surface area contributed by atoms with Gasteiger partial charge < -0.3 is 5.11 Å².